The Balaban J connectivity index is 1.85. The van der Waals surface area contributed by atoms with E-state index in [2.05, 4.69) is 17.3 Å². The number of anilines is 1. The molecule has 2 rings (SSSR count). The highest BCUT2D eigenvalue weighted by Crippen LogP contribution is 2.22. The van der Waals surface area contributed by atoms with Crippen molar-refractivity contribution >= 4 is 21.6 Å². The normalized spacial score (nSPS) is 16.0. The van der Waals surface area contributed by atoms with E-state index in [1.807, 2.05) is 0 Å². The van der Waals surface area contributed by atoms with Crippen LogP contribution in [-0.2, 0) is 14.8 Å². The second-order valence-electron chi connectivity index (χ2n) is 6.53. The largest absolute Gasteiger partial charge is 0.326 e. The van der Waals surface area contributed by atoms with Crippen LogP contribution < -0.4 is 5.32 Å². The molecule has 0 spiro atoms. The molecule has 0 unspecified atom stereocenters. The number of amides is 1. The first-order valence-corrected chi connectivity index (χ1v) is 9.77. The zero-order valence-electron chi connectivity index (χ0n) is 14.7. The molecule has 6 nitrogen and oxygen atoms in total. The molecule has 1 aromatic carbocycles. The number of carbonyl (C=O) groups is 1. The summed E-state index contributed by atoms with van der Waals surface area (Å²) < 4.78 is 25.2. The number of rotatable bonds is 7. The molecule has 0 aliphatic heterocycles. The van der Waals surface area contributed by atoms with E-state index in [0.29, 0.717) is 18.2 Å². The lowest BCUT2D eigenvalue weighted by Crippen LogP contribution is -2.32. The van der Waals surface area contributed by atoms with E-state index < -0.39 is 10.0 Å². The van der Waals surface area contributed by atoms with Gasteiger partial charge in [0.15, 0.2) is 0 Å². The van der Waals surface area contributed by atoms with Gasteiger partial charge in [0.2, 0.25) is 15.9 Å². The Morgan fingerprint density at radius 2 is 1.71 bits per heavy atom. The highest BCUT2D eigenvalue weighted by Gasteiger charge is 2.20. The molecule has 0 bridgehead atoms. The molecule has 134 valence electrons. The van der Waals surface area contributed by atoms with Crippen LogP contribution >= 0.6 is 0 Å². The molecule has 1 aromatic rings. The van der Waals surface area contributed by atoms with E-state index in [1.165, 1.54) is 56.2 Å². The minimum atomic E-state index is -3.44. The molecule has 1 amide bonds. The maximum atomic E-state index is 12.1. The van der Waals surface area contributed by atoms with Crippen LogP contribution in [0.3, 0.4) is 0 Å². The van der Waals surface area contributed by atoms with Gasteiger partial charge in [-0.25, -0.2) is 12.7 Å². The molecule has 0 aromatic heterocycles. The number of sulfonamides is 1. The maximum Gasteiger partial charge on any atom is 0.242 e. The number of carbonyl (C=O) groups excluding carboxylic acids is 1. The van der Waals surface area contributed by atoms with Crippen LogP contribution in [0.25, 0.3) is 0 Å². The maximum absolute atomic E-state index is 12.1. The van der Waals surface area contributed by atoms with Gasteiger partial charge in [-0.15, -0.1) is 0 Å². The van der Waals surface area contributed by atoms with Gasteiger partial charge in [-0.1, -0.05) is 12.8 Å². The van der Waals surface area contributed by atoms with Gasteiger partial charge in [-0.3, -0.25) is 4.79 Å². The molecule has 1 fully saturated rings. The van der Waals surface area contributed by atoms with Crippen LogP contribution in [-0.4, -0.2) is 57.3 Å². The Morgan fingerprint density at radius 3 is 2.25 bits per heavy atom. The summed E-state index contributed by atoms with van der Waals surface area (Å²) in [5, 5.41) is 2.82. The fourth-order valence-corrected chi connectivity index (χ4v) is 3.85. The molecule has 1 N–H and O–H groups in total. The molecule has 0 saturated heterocycles. The first kappa shape index (κ1) is 18.9. The molecule has 1 saturated carbocycles. The monoisotopic (exact) mass is 353 g/mol. The summed E-state index contributed by atoms with van der Waals surface area (Å²) in [4.78, 5) is 14.5. The second kappa shape index (κ2) is 8.09. The highest BCUT2D eigenvalue weighted by molar-refractivity contribution is 7.89. The van der Waals surface area contributed by atoms with Crippen LogP contribution in [0.1, 0.15) is 32.1 Å². The van der Waals surface area contributed by atoms with Crippen molar-refractivity contribution in [3.05, 3.63) is 24.3 Å². The van der Waals surface area contributed by atoms with Crippen molar-refractivity contribution in [3.63, 3.8) is 0 Å². The lowest BCUT2D eigenvalue weighted by atomic mass is 10.2. The van der Waals surface area contributed by atoms with Gasteiger partial charge in [-0.05, 0) is 44.2 Å². The smallest absolute Gasteiger partial charge is 0.242 e. The predicted molar refractivity (Wildman–Crippen MR) is 95.4 cm³/mol. The summed E-state index contributed by atoms with van der Waals surface area (Å²) in [6.07, 6.45) is 5.44. The molecule has 24 heavy (non-hydrogen) atoms. The number of hydrogen-bond acceptors (Lipinski definition) is 4. The third kappa shape index (κ3) is 4.78. The van der Waals surface area contributed by atoms with Gasteiger partial charge in [0.25, 0.3) is 0 Å². The first-order valence-electron chi connectivity index (χ1n) is 8.33. The topological polar surface area (TPSA) is 69.7 Å². The van der Waals surface area contributed by atoms with Crippen LogP contribution in [0.2, 0.25) is 0 Å². The van der Waals surface area contributed by atoms with Crippen molar-refractivity contribution < 1.29 is 13.2 Å². The van der Waals surface area contributed by atoms with E-state index >= 15 is 0 Å². The quantitative estimate of drug-likeness (QED) is 0.815. The molecule has 0 heterocycles. The van der Waals surface area contributed by atoms with Gasteiger partial charge >= 0.3 is 0 Å². The third-order valence-corrected chi connectivity index (χ3v) is 6.39. The van der Waals surface area contributed by atoms with E-state index in [0.717, 1.165) is 6.54 Å². The van der Waals surface area contributed by atoms with Crippen molar-refractivity contribution in [2.24, 2.45) is 0 Å². The van der Waals surface area contributed by atoms with Crippen molar-refractivity contribution in [2.75, 3.05) is 33.0 Å². The molecule has 7 heteroatoms. The molecule has 0 atom stereocenters. The van der Waals surface area contributed by atoms with E-state index in [9.17, 15) is 13.2 Å². The summed E-state index contributed by atoms with van der Waals surface area (Å²) >= 11 is 0. The Kier molecular flexibility index (Phi) is 6.37. The Bertz CT molecular complexity index is 650. The average molecular weight is 353 g/mol. The van der Waals surface area contributed by atoms with Crippen molar-refractivity contribution in [1.29, 1.82) is 0 Å². The minimum Gasteiger partial charge on any atom is -0.326 e. The predicted octanol–water partition coefficient (Wildman–Crippen LogP) is 2.14. The van der Waals surface area contributed by atoms with Gasteiger partial charge < -0.3 is 10.2 Å². The average Bonchev–Trinajstić information content (AvgIpc) is 3.07. The fourth-order valence-electron chi connectivity index (χ4n) is 2.95. The van der Waals surface area contributed by atoms with E-state index in [4.69, 9.17) is 0 Å². The van der Waals surface area contributed by atoms with Crippen LogP contribution in [0, 0.1) is 0 Å². The Labute approximate surface area is 144 Å². The molecule has 0 radical (unpaired) electrons. The van der Waals surface area contributed by atoms with Crippen LogP contribution in [0.5, 0.6) is 0 Å². The van der Waals surface area contributed by atoms with Crippen molar-refractivity contribution in [1.82, 2.24) is 9.21 Å². The summed E-state index contributed by atoms with van der Waals surface area (Å²) in [5.41, 5.74) is 0.612. The third-order valence-electron chi connectivity index (χ3n) is 4.56. The number of benzene rings is 1. The zero-order chi connectivity index (χ0) is 17.7. The van der Waals surface area contributed by atoms with Gasteiger partial charge in [0.1, 0.15) is 0 Å². The van der Waals surface area contributed by atoms with E-state index in [-0.39, 0.29) is 10.8 Å². The number of nitrogens with one attached hydrogen (secondary N) is 1. The number of hydrogen-bond donors (Lipinski definition) is 1. The minimum absolute atomic E-state index is 0.0527. The Morgan fingerprint density at radius 1 is 1.12 bits per heavy atom. The first-order chi connectivity index (χ1) is 11.3. The van der Waals surface area contributed by atoms with E-state index in [1.54, 1.807) is 12.1 Å². The summed E-state index contributed by atoms with van der Waals surface area (Å²) in [6.45, 7) is 0.740. The number of nitrogens with zero attached hydrogens (tertiary/aromatic N) is 2. The van der Waals surface area contributed by atoms with Crippen molar-refractivity contribution in [3.8, 4) is 0 Å². The summed E-state index contributed by atoms with van der Waals surface area (Å²) in [7, 11) is 1.62. The summed E-state index contributed by atoms with van der Waals surface area (Å²) in [6, 6.07) is 6.86. The summed E-state index contributed by atoms with van der Waals surface area (Å²) in [5.74, 6) is -0.0527. The van der Waals surface area contributed by atoms with Gasteiger partial charge in [0, 0.05) is 38.8 Å². The lowest BCUT2D eigenvalue weighted by Gasteiger charge is -2.23. The van der Waals surface area contributed by atoms with Crippen LogP contribution in [0.4, 0.5) is 5.69 Å². The second-order valence-corrected chi connectivity index (χ2v) is 8.68. The highest BCUT2D eigenvalue weighted by atomic mass is 32.2. The molecule has 1 aliphatic carbocycles. The van der Waals surface area contributed by atoms with Crippen molar-refractivity contribution in [2.45, 2.75) is 43.0 Å². The van der Waals surface area contributed by atoms with Crippen LogP contribution in [0.15, 0.2) is 29.2 Å². The molecular weight excluding hydrogens is 326 g/mol. The van der Waals surface area contributed by atoms with Gasteiger partial charge in [-0.2, -0.15) is 0 Å². The fraction of sp³-hybridized carbons (Fsp3) is 0.588. The van der Waals surface area contributed by atoms with Gasteiger partial charge in [0.05, 0.1) is 4.90 Å². The Hall–Kier alpha value is -1.44. The molecular formula is C17H27N3O3S. The zero-order valence-corrected chi connectivity index (χ0v) is 15.5. The standard InChI is InChI=1S/C17H27N3O3S/c1-19(2)24(22,23)16-10-8-14(9-11-16)18-17(21)12-13-20(3)15-6-4-5-7-15/h8-11,15H,4-7,12-13H2,1-3H3,(H,18,21). The molecule has 1 aliphatic rings. The lowest BCUT2D eigenvalue weighted by molar-refractivity contribution is -0.116. The SMILES string of the molecule is CN(CCC(=O)Nc1ccc(S(=O)(=O)N(C)C)cc1)C1CCCC1.